The molecule has 1 saturated heterocycles. The first-order valence-electron chi connectivity index (χ1n) is 14.7. The number of hydrogen-bond acceptors (Lipinski definition) is 7. The SMILES string of the molecule is CC(C)(C)NC(=O)[C@@H]1CCCCN1C[C@@H](O)[C@H](Cc1ccccc1)NC(=O)[C@H](CC(N)=O)NC(=O)OCc1ccccc1. The number of rotatable bonds is 13. The average molecular weight is 596 g/mol. The number of amides is 4. The predicted molar refractivity (Wildman–Crippen MR) is 163 cm³/mol. The molecule has 2 aromatic rings. The second-order valence-electron chi connectivity index (χ2n) is 12.0. The summed E-state index contributed by atoms with van der Waals surface area (Å²) in [5.74, 6) is -1.57. The third-order valence-electron chi connectivity index (χ3n) is 7.15. The van der Waals surface area contributed by atoms with E-state index in [1.54, 1.807) is 24.3 Å². The maximum atomic E-state index is 13.4. The number of nitrogens with zero attached hydrogens (tertiary/aromatic N) is 1. The van der Waals surface area contributed by atoms with E-state index < -0.39 is 54.1 Å². The Hall–Kier alpha value is -3.96. The number of nitrogens with two attached hydrogens (primary N) is 1. The number of likely N-dealkylation sites (tertiary alicyclic amines) is 1. The van der Waals surface area contributed by atoms with Gasteiger partial charge in [0.1, 0.15) is 12.6 Å². The lowest BCUT2D eigenvalue weighted by atomic mass is 9.96. The lowest BCUT2D eigenvalue weighted by Gasteiger charge is -2.39. The molecule has 0 aromatic heterocycles. The fourth-order valence-corrected chi connectivity index (χ4v) is 5.08. The molecule has 4 amide bonds. The number of carbonyl (C=O) groups excluding carboxylic acids is 4. The van der Waals surface area contributed by atoms with E-state index in [1.165, 1.54) is 0 Å². The molecule has 0 spiro atoms. The van der Waals surface area contributed by atoms with Gasteiger partial charge in [-0.15, -0.1) is 0 Å². The molecule has 0 saturated carbocycles. The zero-order chi connectivity index (χ0) is 31.4. The van der Waals surface area contributed by atoms with Crippen molar-refractivity contribution in [1.82, 2.24) is 20.9 Å². The Labute approximate surface area is 253 Å². The highest BCUT2D eigenvalue weighted by molar-refractivity contribution is 5.90. The Bertz CT molecular complexity index is 1200. The quantitative estimate of drug-likeness (QED) is 0.237. The molecule has 6 N–H and O–H groups in total. The van der Waals surface area contributed by atoms with Crippen molar-refractivity contribution in [3.8, 4) is 0 Å². The molecular weight excluding hydrogens is 550 g/mol. The minimum absolute atomic E-state index is 0.0211. The van der Waals surface area contributed by atoms with Crippen LogP contribution < -0.4 is 21.7 Å². The summed E-state index contributed by atoms with van der Waals surface area (Å²) < 4.78 is 5.23. The zero-order valence-corrected chi connectivity index (χ0v) is 25.3. The molecule has 11 heteroatoms. The zero-order valence-electron chi connectivity index (χ0n) is 25.3. The third-order valence-corrected chi connectivity index (χ3v) is 7.15. The van der Waals surface area contributed by atoms with Gasteiger partial charge in [-0.1, -0.05) is 67.1 Å². The fourth-order valence-electron chi connectivity index (χ4n) is 5.08. The molecule has 234 valence electrons. The Morgan fingerprint density at radius 3 is 2.21 bits per heavy atom. The Morgan fingerprint density at radius 1 is 0.977 bits per heavy atom. The monoisotopic (exact) mass is 595 g/mol. The van der Waals surface area contributed by atoms with Crippen LogP contribution in [0.25, 0.3) is 0 Å². The van der Waals surface area contributed by atoms with Gasteiger partial charge >= 0.3 is 6.09 Å². The van der Waals surface area contributed by atoms with Crippen molar-refractivity contribution in [2.75, 3.05) is 13.1 Å². The smallest absolute Gasteiger partial charge is 0.408 e. The van der Waals surface area contributed by atoms with Crippen LogP contribution in [0, 0.1) is 0 Å². The predicted octanol–water partition coefficient (Wildman–Crippen LogP) is 2.01. The van der Waals surface area contributed by atoms with Crippen molar-refractivity contribution in [3.05, 3.63) is 71.8 Å². The number of β-amino-alcohol motifs (C(OH)–C–C–N with tert-alkyl or cyclic N) is 1. The van der Waals surface area contributed by atoms with Gasteiger partial charge in [0.15, 0.2) is 0 Å². The van der Waals surface area contributed by atoms with E-state index in [9.17, 15) is 24.3 Å². The van der Waals surface area contributed by atoms with Crippen LogP contribution in [0.1, 0.15) is 57.6 Å². The average Bonchev–Trinajstić information content (AvgIpc) is 2.95. The molecule has 1 fully saturated rings. The van der Waals surface area contributed by atoms with Crippen LogP contribution in [0.15, 0.2) is 60.7 Å². The second kappa shape index (κ2) is 16.0. The highest BCUT2D eigenvalue weighted by Crippen LogP contribution is 2.20. The first kappa shape index (κ1) is 33.5. The van der Waals surface area contributed by atoms with Gasteiger partial charge in [0.05, 0.1) is 24.6 Å². The maximum Gasteiger partial charge on any atom is 0.408 e. The van der Waals surface area contributed by atoms with Gasteiger partial charge in [-0.3, -0.25) is 19.3 Å². The molecule has 0 bridgehead atoms. The van der Waals surface area contributed by atoms with Gasteiger partial charge in [0.2, 0.25) is 17.7 Å². The molecule has 1 aliphatic heterocycles. The number of hydrogen-bond donors (Lipinski definition) is 5. The number of aliphatic hydroxyl groups is 1. The Morgan fingerprint density at radius 2 is 1.60 bits per heavy atom. The molecule has 0 radical (unpaired) electrons. The summed E-state index contributed by atoms with van der Waals surface area (Å²) in [4.78, 5) is 52.8. The van der Waals surface area contributed by atoms with E-state index in [2.05, 4.69) is 16.0 Å². The van der Waals surface area contributed by atoms with Gasteiger partial charge in [-0.25, -0.2) is 4.79 Å². The van der Waals surface area contributed by atoms with E-state index in [0.29, 0.717) is 13.0 Å². The number of ether oxygens (including phenoxy) is 1. The highest BCUT2D eigenvalue weighted by atomic mass is 16.5. The van der Waals surface area contributed by atoms with E-state index >= 15 is 0 Å². The lowest BCUT2D eigenvalue weighted by Crippen LogP contribution is -2.59. The number of carbonyl (C=O) groups is 4. The van der Waals surface area contributed by atoms with Gasteiger partial charge < -0.3 is 31.5 Å². The Balaban J connectivity index is 1.73. The molecule has 4 atom stereocenters. The summed E-state index contributed by atoms with van der Waals surface area (Å²) in [6, 6.07) is 15.9. The van der Waals surface area contributed by atoms with Crippen LogP contribution in [0.2, 0.25) is 0 Å². The molecule has 0 unspecified atom stereocenters. The lowest BCUT2D eigenvalue weighted by molar-refractivity contribution is -0.131. The minimum Gasteiger partial charge on any atom is -0.445 e. The molecule has 0 aliphatic carbocycles. The van der Waals surface area contributed by atoms with Crippen molar-refractivity contribution in [2.24, 2.45) is 5.73 Å². The largest absolute Gasteiger partial charge is 0.445 e. The molecule has 1 aliphatic rings. The van der Waals surface area contributed by atoms with Crippen LogP contribution in [0.3, 0.4) is 0 Å². The van der Waals surface area contributed by atoms with E-state index in [4.69, 9.17) is 10.5 Å². The molecule has 1 heterocycles. The van der Waals surface area contributed by atoms with Crippen LogP contribution >= 0.6 is 0 Å². The van der Waals surface area contributed by atoms with Crippen molar-refractivity contribution in [1.29, 1.82) is 0 Å². The molecule has 43 heavy (non-hydrogen) atoms. The van der Waals surface area contributed by atoms with Crippen molar-refractivity contribution in [3.63, 3.8) is 0 Å². The van der Waals surface area contributed by atoms with Crippen LogP contribution in [-0.2, 0) is 32.1 Å². The molecule has 3 rings (SSSR count). The van der Waals surface area contributed by atoms with Crippen molar-refractivity contribution in [2.45, 2.75) is 89.3 Å². The number of primary amides is 1. The first-order chi connectivity index (χ1) is 20.4. The van der Waals surface area contributed by atoms with Crippen LogP contribution in [0.4, 0.5) is 4.79 Å². The summed E-state index contributed by atoms with van der Waals surface area (Å²) in [6.45, 7) is 6.52. The standard InChI is InChI=1S/C32H45N5O6/c1-32(2,3)36-30(41)26-16-10-11-17-37(26)20-27(38)24(18-22-12-6-4-7-13-22)34-29(40)25(19-28(33)39)35-31(42)43-21-23-14-8-5-9-15-23/h4-9,12-15,24-27,38H,10-11,16-21H2,1-3H3,(H2,33,39)(H,34,40)(H,35,42)(H,36,41)/t24-,25-,26-,27+/m0/s1. The summed E-state index contributed by atoms with van der Waals surface area (Å²) in [5, 5.41) is 19.8. The summed E-state index contributed by atoms with van der Waals surface area (Å²) in [6.07, 6.45) is 0.332. The molecule has 2 aromatic carbocycles. The topological polar surface area (TPSA) is 163 Å². The van der Waals surface area contributed by atoms with Crippen molar-refractivity contribution < 1.29 is 29.0 Å². The van der Waals surface area contributed by atoms with Crippen molar-refractivity contribution >= 4 is 23.8 Å². The maximum absolute atomic E-state index is 13.4. The van der Waals surface area contributed by atoms with Gasteiger partial charge in [0.25, 0.3) is 0 Å². The van der Waals surface area contributed by atoms with Crippen LogP contribution in [0.5, 0.6) is 0 Å². The molecular formula is C32H45N5O6. The third kappa shape index (κ3) is 11.7. The van der Waals surface area contributed by atoms with E-state index in [1.807, 2.05) is 62.1 Å². The normalized spacial score (nSPS) is 17.6. The van der Waals surface area contributed by atoms with Gasteiger partial charge in [0, 0.05) is 12.1 Å². The summed E-state index contributed by atoms with van der Waals surface area (Å²) >= 11 is 0. The minimum atomic E-state index is -1.31. The number of aliphatic hydroxyl groups excluding tert-OH is 1. The Kier molecular flexibility index (Phi) is 12.5. The van der Waals surface area contributed by atoms with E-state index in [-0.39, 0.29) is 25.5 Å². The number of alkyl carbamates (subject to hydrolysis) is 1. The number of benzene rings is 2. The summed E-state index contributed by atoms with van der Waals surface area (Å²) in [5.41, 5.74) is 6.62. The highest BCUT2D eigenvalue weighted by Gasteiger charge is 2.35. The fraction of sp³-hybridized carbons (Fsp3) is 0.500. The summed E-state index contributed by atoms with van der Waals surface area (Å²) in [7, 11) is 0. The number of nitrogens with one attached hydrogen (secondary N) is 3. The number of piperidine rings is 1. The van der Waals surface area contributed by atoms with Gasteiger partial charge in [-0.2, -0.15) is 0 Å². The van der Waals surface area contributed by atoms with Gasteiger partial charge in [-0.05, 0) is 57.7 Å². The second-order valence-corrected chi connectivity index (χ2v) is 12.0. The molecule has 11 nitrogen and oxygen atoms in total. The first-order valence-corrected chi connectivity index (χ1v) is 14.7. The van der Waals surface area contributed by atoms with Crippen LogP contribution in [-0.4, -0.2) is 76.7 Å². The van der Waals surface area contributed by atoms with E-state index in [0.717, 1.165) is 24.0 Å².